The predicted octanol–water partition coefficient (Wildman–Crippen LogP) is 1.72. The summed E-state index contributed by atoms with van der Waals surface area (Å²) in [6, 6.07) is 6.79. The maximum atomic E-state index is 13.0. The first-order valence-corrected chi connectivity index (χ1v) is 7.49. The normalized spacial score (nSPS) is 20.8. The quantitative estimate of drug-likeness (QED) is 0.891. The molecule has 3 nitrogen and oxygen atoms in total. The number of hydrogen-bond donors (Lipinski definition) is 1. The van der Waals surface area contributed by atoms with E-state index in [4.69, 9.17) is 5.73 Å². The van der Waals surface area contributed by atoms with Gasteiger partial charge in [-0.05, 0) is 37.6 Å². The van der Waals surface area contributed by atoms with Gasteiger partial charge in [0.25, 0.3) is 0 Å². The topological polar surface area (TPSA) is 32.5 Å². The molecule has 0 aromatic heterocycles. The second-order valence-corrected chi connectivity index (χ2v) is 5.93. The first-order chi connectivity index (χ1) is 9.57. The molecule has 1 saturated heterocycles. The summed E-state index contributed by atoms with van der Waals surface area (Å²) >= 11 is 0. The van der Waals surface area contributed by atoms with Crippen molar-refractivity contribution in [1.82, 2.24) is 9.80 Å². The maximum Gasteiger partial charge on any atom is 0.123 e. The van der Waals surface area contributed by atoms with Crippen LogP contribution in [0.3, 0.4) is 0 Å². The SMILES string of the molecule is CCN1CCN(C(C)(CN)Cc2ccc(F)cc2)CC1. The van der Waals surface area contributed by atoms with E-state index in [0.29, 0.717) is 6.54 Å². The fraction of sp³-hybridized carbons (Fsp3) is 0.625. The van der Waals surface area contributed by atoms with Crippen LogP contribution in [0.5, 0.6) is 0 Å². The zero-order valence-corrected chi connectivity index (χ0v) is 12.6. The molecular weight excluding hydrogens is 253 g/mol. The van der Waals surface area contributed by atoms with Crippen LogP contribution < -0.4 is 5.73 Å². The Morgan fingerprint density at radius 3 is 2.25 bits per heavy atom. The van der Waals surface area contributed by atoms with Crippen LogP contribution in [-0.2, 0) is 6.42 Å². The fourth-order valence-electron chi connectivity index (χ4n) is 2.96. The van der Waals surface area contributed by atoms with Gasteiger partial charge in [-0.2, -0.15) is 0 Å². The first kappa shape index (κ1) is 15.4. The van der Waals surface area contributed by atoms with Crippen LogP contribution in [0.1, 0.15) is 19.4 Å². The third kappa shape index (κ3) is 3.57. The molecule has 1 aromatic carbocycles. The lowest BCUT2D eigenvalue weighted by Gasteiger charge is -2.45. The van der Waals surface area contributed by atoms with Crippen molar-refractivity contribution in [2.45, 2.75) is 25.8 Å². The van der Waals surface area contributed by atoms with Gasteiger partial charge in [-0.25, -0.2) is 4.39 Å². The summed E-state index contributed by atoms with van der Waals surface area (Å²) in [5, 5.41) is 0. The Labute approximate surface area is 121 Å². The van der Waals surface area contributed by atoms with E-state index in [1.54, 1.807) is 0 Å². The lowest BCUT2D eigenvalue weighted by molar-refractivity contribution is 0.0485. The molecule has 0 bridgehead atoms. The molecule has 0 aliphatic carbocycles. The van der Waals surface area contributed by atoms with Gasteiger partial charge >= 0.3 is 0 Å². The van der Waals surface area contributed by atoms with Crippen LogP contribution >= 0.6 is 0 Å². The Bertz CT molecular complexity index is 412. The van der Waals surface area contributed by atoms with Crippen molar-refractivity contribution in [3.63, 3.8) is 0 Å². The van der Waals surface area contributed by atoms with E-state index in [2.05, 4.69) is 23.6 Å². The van der Waals surface area contributed by atoms with Gasteiger partial charge in [-0.15, -0.1) is 0 Å². The zero-order valence-electron chi connectivity index (χ0n) is 12.6. The van der Waals surface area contributed by atoms with Crippen LogP contribution in [0, 0.1) is 5.82 Å². The van der Waals surface area contributed by atoms with E-state index in [1.807, 2.05) is 12.1 Å². The maximum absolute atomic E-state index is 13.0. The highest BCUT2D eigenvalue weighted by molar-refractivity contribution is 5.19. The van der Waals surface area contributed by atoms with E-state index in [0.717, 1.165) is 44.7 Å². The monoisotopic (exact) mass is 279 g/mol. The molecule has 0 saturated carbocycles. The summed E-state index contributed by atoms with van der Waals surface area (Å²) in [7, 11) is 0. The highest BCUT2D eigenvalue weighted by Gasteiger charge is 2.32. The van der Waals surface area contributed by atoms with Gasteiger partial charge in [-0.1, -0.05) is 19.1 Å². The fourth-order valence-corrected chi connectivity index (χ4v) is 2.96. The van der Waals surface area contributed by atoms with E-state index in [1.165, 1.54) is 12.1 Å². The molecule has 0 amide bonds. The van der Waals surface area contributed by atoms with Gasteiger partial charge in [0.2, 0.25) is 0 Å². The Hall–Kier alpha value is -0.970. The van der Waals surface area contributed by atoms with Crippen molar-refractivity contribution in [2.75, 3.05) is 39.3 Å². The Kier molecular flexibility index (Phi) is 5.13. The number of hydrogen-bond acceptors (Lipinski definition) is 3. The molecule has 20 heavy (non-hydrogen) atoms. The van der Waals surface area contributed by atoms with E-state index < -0.39 is 0 Å². The summed E-state index contributed by atoms with van der Waals surface area (Å²) in [6.45, 7) is 10.5. The molecule has 1 atom stereocenters. The second-order valence-electron chi connectivity index (χ2n) is 5.93. The third-order valence-electron chi connectivity index (χ3n) is 4.52. The van der Waals surface area contributed by atoms with Gasteiger partial charge in [0, 0.05) is 38.3 Å². The van der Waals surface area contributed by atoms with Crippen LogP contribution in [0.2, 0.25) is 0 Å². The number of nitrogens with zero attached hydrogens (tertiary/aromatic N) is 2. The molecule has 1 fully saturated rings. The van der Waals surface area contributed by atoms with Gasteiger partial charge in [0.1, 0.15) is 5.82 Å². The zero-order chi connectivity index (χ0) is 14.6. The molecule has 1 heterocycles. The molecule has 1 unspecified atom stereocenters. The highest BCUT2D eigenvalue weighted by Crippen LogP contribution is 2.22. The van der Waals surface area contributed by atoms with Gasteiger partial charge in [0.15, 0.2) is 0 Å². The van der Waals surface area contributed by atoms with Crippen LogP contribution in [0.25, 0.3) is 0 Å². The van der Waals surface area contributed by atoms with Crippen LogP contribution in [0.4, 0.5) is 4.39 Å². The molecular formula is C16H26FN3. The van der Waals surface area contributed by atoms with Crippen molar-refractivity contribution in [1.29, 1.82) is 0 Å². The summed E-state index contributed by atoms with van der Waals surface area (Å²) in [5.41, 5.74) is 7.16. The summed E-state index contributed by atoms with van der Waals surface area (Å²) in [6.07, 6.45) is 0.871. The van der Waals surface area contributed by atoms with Crippen molar-refractivity contribution >= 4 is 0 Å². The number of likely N-dealkylation sites (N-methyl/N-ethyl adjacent to an activating group) is 1. The van der Waals surface area contributed by atoms with E-state index in [9.17, 15) is 4.39 Å². The smallest absolute Gasteiger partial charge is 0.123 e. The minimum Gasteiger partial charge on any atom is -0.329 e. The second kappa shape index (κ2) is 6.66. The highest BCUT2D eigenvalue weighted by atomic mass is 19.1. The van der Waals surface area contributed by atoms with E-state index in [-0.39, 0.29) is 11.4 Å². The Morgan fingerprint density at radius 2 is 1.75 bits per heavy atom. The molecule has 112 valence electrons. The number of piperazine rings is 1. The van der Waals surface area contributed by atoms with Gasteiger partial charge < -0.3 is 10.6 Å². The third-order valence-corrected chi connectivity index (χ3v) is 4.52. The van der Waals surface area contributed by atoms with Crippen molar-refractivity contribution in [2.24, 2.45) is 5.73 Å². The van der Waals surface area contributed by atoms with Crippen LogP contribution in [-0.4, -0.2) is 54.6 Å². The largest absolute Gasteiger partial charge is 0.329 e. The molecule has 1 aromatic rings. The Balaban J connectivity index is 2.03. The van der Waals surface area contributed by atoms with Gasteiger partial charge in [-0.3, -0.25) is 4.90 Å². The summed E-state index contributed by atoms with van der Waals surface area (Å²) in [4.78, 5) is 4.95. The molecule has 2 N–H and O–H groups in total. The molecule has 2 rings (SSSR count). The van der Waals surface area contributed by atoms with Gasteiger partial charge in [0.05, 0.1) is 0 Å². The standard InChI is InChI=1S/C16H26FN3/c1-3-19-8-10-20(11-9-19)16(2,13-18)12-14-4-6-15(17)7-5-14/h4-7H,3,8-13,18H2,1-2H3. The van der Waals surface area contributed by atoms with E-state index >= 15 is 0 Å². The summed E-state index contributed by atoms with van der Waals surface area (Å²) in [5.74, 6) is -0.181. The first-order valence-electron chi connectivity index (χ1n) is 7.49. The average Bonchev–Trinajstić information content (AvgIpc) is 2.49. The number of halogens is 1. The lowest BCUT2D eigenvalue weighted by atomic mass is 9.90. The number of nitrogens with two attached hydrogens (primary N) is 1. The molecule has 4 heteroatoms. The van der Waals surface area contributed by atoms with Crippen molar-refractivity contribution < 1.29 is 4.39 Å². The molecule has 0 radical (unpaired) electrons. The minimum absolute atomic E-state index is 0.0440. The van der Waals surface area contributed by atoms with Crippen LogP contribution in [0.15, 0.2) is 24.3 Å². The summed E-state index contributed by atoms with van der Waals surface area (Å²) < 4.78 is 13.0. The molecule has 1 aliphatic heterocycles. The molecule has 0 spiro atoms. The molecule has 1 aliphatic rings. The number of benzene rings is 1. The average molecular weight is 279 g/mol. The lowest BCUT2D eigenvalue weighted by Crippen LogP contribution is -2.59. The number of rotatable bonds is 5. The Morgan fingerprint density at radius 1 is 1.15 bits per heavy atom. The predicted molar refractivity (Wildman–Crippen MR) is 81.3 cm³/mol. The minimum atomic E-state index is -0.181. The van der Waals surface area contributed by atoms with Crippen molar-refractivity contribution in [3.05, 3.63) is 35.6 Å². The van der Waals surface area contributed by atoms with Crippen molar-refractivity contribution in [3.8, 4) is 0 Å².